The highest BCUT2D eigenvalue weighted by Gasteiger charge is 2.35. The normalized spacial score (nSPS) is 11.7. The van der Waals surface area contributed by atoms with Crippen molar-refractivity contribution in [3.63, 3.8) is 0 Å². The lowest BCUT2D eigenvalue weighted by Gasteiger charge is -2.05. The molecule has 78 valence electrons. The van der Waals surface area contributed by atoms with E-state index in [1.807, 2.05) is 0 Å². The Morgan fingerprint density at radius 3 is 2.40 bits per heavy atom. The fourth-order valence-electron chi connectivity index (χ4n) is 1.24. The molecule has 0 aromatic carbocycles. The van der Waals surface area contributed by atoms with Gasteiger partial charge in [0.15, 0.2) is 0 Å². The van der Waals surface area contributed by atoms with Crippen LogP contribution in [0.1, 0.15) is 5.56 Å². The van der Waals surface area contributed by atoms with E-state index < -0.39 is 11.7 Å². The number of rotatable bonds is 1. The number of aromatic amines is 1. The molecule has 0 fully saturated rings. The maximum absolute atomic E-state index is 12.5. The second kappa shape index (κ2) is 3.38. The van der Waals surface area contributed by atoms with Crippen LogP contribution in [-0.2, 0) is 6.18 Å². The van der Waals surface area contributed by atoms with Crippen LogP contribution in [0.5, 0.6) is 0 Å². The van der Waals surface area contributed by atoms with Gasteiger partial charge >= 0.3 is 6.18 Å². The van der Waals surface area contributed by atoms with Crippen LogP contribution in [0.3, 0.4) is 0 Å². The predicted octanol–water partition coefficient (Wildman–Crippen LogP) is 2.49. The Hall–Kier alpha value is -1.85. The highest BCUT2D eigenvalue weighted by atomic mass is 19.4. The van der Waals surface area contributed by atoms with E-state index in [2.05, 4.69) is 15.2 Å². The van der Waals surface area contributed by atoms with Crippen molar-refractivity contribution in [2.45, 2.75) is 6.18 Å². The smallest absolute Gasteiger partial charge is 0.284 e. The SMILES string of the molecule is FC(F)(F)c1c[nH]nc1-c1ccncc1. The van der Waals surface area contributed by atoms with Gasteiger partial charge < -0.3 is 0 Å². The molecule has 0 unspecified atom stereocenters. The lowest BCUT2D eigenvalue weighted by atomic mass is 10.1. The summed E-state index contributed by atoms with van der Waals surface area (Å²) in [6.45, 7) is 0. The number of nitrogens with one attached hydrogen (secondary N) is 1. The van der Waals surface area contributed by atoms with Crippen LogP contribution in [0.25, 0.3) is 11.3 Å². The van der Waals surface area contributed by atoms with Crippen LogP contribution in [-0.4, -0.2) is 15.2 Å². The van der Waals surface area contributed by atoms with Gasteiger partial charge in [0.2, 0.25) is 0 Å². The van der Waals surface area contributed by atoms with Gasteiger partial charge in [0.05, 0.1) is 0 Å². The second-order valence-electron chi connectivity index (χ2n) is 2.88. The minimum absolute atomic E-state index is 0.107. The Balaban J connectivity index is 2.51. The molecular formula is C9H6F3N3. The lowest BCUT2D eigenvalue weighted by Crippen LogP contribution is -2.05. The highest BCUT2D eigenvalue weighted by molar-refractivity contribution is 5.62. The van der Waals surface area contributed by atoms with E-state index in [0.717, 1.165) is 6.20 Å². The summed E-state index contributed by atoms with van der Waals surface area (Å²) < 4.78 is 37.5. The maximum Gasteiger partial charge on any atom is 0.420 e. The number of halogens is 3. The van der Waals surface area contributed by atoms with E-state index in [-0.39, 0.29) is 5.69 Å². The monoisotopic (exact) mass is 213 g/mol. The van der Waals surface area contributed by atoms with Gasteiger partial charge in [-0.1, -0.05) is 0 Å². The number of aromatic nitrogens is 3. The molecule has 0 radical (unpaired) electrons. The van der Waals surface area contributed by atoms with Crippen molar-refractivity contribution < 1.29 is 13.2 Å². The van der Waals surface area contributed by atoms with Crippen LogP contribution < -0.4 is 0 Å². The molecular weight excluding hydrogens is 207 g/mol. The molecule has 0 amide bonds. The number of H-pyrrole nitrogens is 1. The van der Waals surface area contributed by atoms with Gasteiger partial charge in [-0.25, -0.2) is 0 Å². The fourth-order valence-corrected chi connectivity index (χ4v) is 1.24. The third-order valence-corrected chi connectivity index (χ3v) is 1.90. The molecule has 2 aromatic heterocycles. The van der Waals surface area contributed by atoms with Crippen LogP contribution in [0.2, 0.25) is 0 Å². The molecule has 0 aliphatic carbocycles. The first-order valence-corrected chi connectivity index (χ1v) is 4.10. The van der Waals surface area contributed by atoms with Gasteiger partial charge in [-0.3, -0.25) is 10.1 Å². The zero-order chi connectivity index (χ0) is 10.9. The molecule has 0 aliphatic rings. The highest BCUT2D eigenvalue weighted by Crippen LogP contribution is 2.35. The summed E-state index contributed by atoms with van der Waals surface area (Å²) in [4.78, 5) is 3.73. The first-order chi connectivity index (χ1) is 7.09. The Labute approximate surface area is 83.0 Å². The van der Waals surface area contributed by atoms with E-state index in [1.54, 1.807) is 0 Å². The minimum atomic E-state index is -4.40. The Morgan fingerprint density at radius 2 is 1.80 bits per heavy atom. The Morgan fingerprint density at radius 1 is 1.13 bits per heavy atom. The first-order valence-electron chi connectivity index (χ1n) is 4.10. The van der Waals surface area contributed by atoms with Crippen molar-refractivity contribution in [1.29, 1.82) is 0 Å². The van der Waals surface area contributed by atoms with Gasteiger partial charge in [0.1, 0.15) is 11.3 Å². The summed E-state index contributed by atoms with van der Waals surface area (Å²) in [5, 5.41) is 5.79. The molecule has 2 heterocycles. The third kappa shape index (κ3) is 1.83. The van der Waals surface area contributed by atoms with Gasteiger partial charge in [-0.05, 0) is 12.1 Å². The quantitative estimate of drug-likeness (QED) is 0.790. The minimum Gasteiger partial charge on any atom is -0.284 e. The second-order valence-corrected chi connectivity index (χ2v) is 2.88. The van der Waals surface area contributed by atoms with Crippen molar-refractivity contribution in [2.75, 3.05) is 0 Å². The third-order valence-electron chi connectivity index (χ3n) is 1.90. The molecule has 15 heavy (non-hydrogen) atoms. The molecule has 2 aromatic rings. The molecule has 0 saturated carbocycles. The number of hydrogen-bond acceptors (Lipinski definition) is 2. The predicted molar refractivity (Wildman–Crippen MR) is 46.8 cm³/mol. The Kier molecular flexibility index (Phi) is 2.18. The largest absolute Gasteiger partial charge is 0.420 e. The summed E-state index contributed by atoms with van der Waals surface area (Å²) in [6, 6.07) is 2.96. The molecule has 3 nitrogen and oxygen atoms in total. The summed E-state index contributed by atoms with van der Waals surface area (Å²) in [7, 11) is 0. The molecule has 0 spiro atoms. The van der Waals surface area contributed by atoms with Crippen molar-refractivity contribution in [3.05, 3.63) is 36.3 Å². The molecule has 2 rings (SSSR count). The van der Waals surface area contributed by atoms with Crippen molar-refractivity contribution in [1.82, 2.24) is 15.2 Å². The van der Waals surface area contributed by atoms with Crippen LogP contribution >= 0.6 is 0 Å². The average molecular weight is 213 g/mol. The molecule has 0 bridgehead atoms. The molecule has 1 N–H and O–H groups in total. The van der Waals surface area contributed by atoms with Gasteiger partial charge in [0, 0.05) is 24.2 Å². The fraction of sp³-hybridized carbons (Fsp3) is 0.111. The first kappa shape index (κ1) is 9.70. The van der Waals surface area contributed by atoms with Gasteiger partial charge in [-0.2, -0.15) is 18.3 Å². The zero-order valence-electron chi connectivity index (χ0n) is 7.42. The van der Waals surface area contributed by atoms with Crippen LogP contribution in [0.4, 0.5) is 13.2 Å². The molecule has 0 saturated heterocycles. The van der Waals surface area contributed by atoms with Crippen molar-refractivity contribution >= 4 is 0 Å². The van der Waals surface area contributed by atoms with E-state index in [9.17, 15) is 13.2 Å². The number of alkyl halides is 3. The molecule has 0 atom stereocenters. The number of hydrogen-bond donors (Lipinski definition) is 1. The lowest BCUT2D eigenvalue weighted by molar-refractivity contribution is -0.137. The number of nitrogens with zero attached hydrogens (tertiary/aromatic N) is 2. The van der Waals surface area contributed by atoms with Crippen molar-refractivity contribution in [3.8, 4) is 11.3 Å². The molecule has 0 aliphatic heterocycles. The summed E-state index contributed by atoms with van der Waals surface area (Å²) >= 11 is 0. The van der Waals surface area contributed by atoms with E-state index in [4.69, 9.17) is 0 Å². The summed E-state index contributed by atoms with van der Waals surface area (Å²) in [5.74, 6) is 0. The zero-order valence-corrected chi connectivity index (χ0v) is 7.42. The van der Waals surface area contributed by atoms with Crippen LogP contribution in [0.15, 0.2) is 30.7 Å². The van der Waals surface area contributed by atoms with E-state index in [1.165, 1.54) is 24.5 Å². The summed E-state index contributed by atoms with van der Waals surface area (Å²) in [6.07, 6.45) is -0.713. The standard InChI is InChI=1S/C9H6F3N3/c10-9(11,12)7-5-14-15-8(7)6-1-3-13-4-2-6/h1-5H,(H,14,15). The topological polar surface area (TPSA) is 41.6 Å². The maximum atomic E-state index is 12.5. The van der Waals surface area contributed by atoms with Crippen molar-refractivity contribution in [2.24, 2.45) is 0 Å². The Bertz CT molecular complexity index is 447. The van der Waals surface area contributed by atoms with E-state index >= 15 is 0 Å². The van der Waals surface area contributed by atoms with E-state index in [0.29, 0.717) is 5.56 Å². The van der Waals surface area contributed by atoms with Gasteiger partial charge in [-0.15, -0.1) is 0 Å². The molecule has 6 heteroatoms. The van der Waals surface area contributed by atoms with Crippen LogP contribution in [0, 0.1) is 0 Å². The number of pyridine rings is 1. The summed E-state index contributed by atoms with van der Waals surface area (Å²) in [5.41, 5.74) is -0.489. The average Bonchev–Trinajstić information content (AvgIpc) is 2.67. The van der Waals surface area contributed by atoms with Gasteiger partial charge in [0.25, 0.3) is 0 Å².